The number of hydrogen-bond acceptors (Lipinski definition) is 4. The molecule has 144 valence electrons. The molecular weight excluding hydrogens is 366 g/mol. The number of anilines is 1. The Balaban J connectivity index is 1.85. The number of hydrogen-bond donors (Lipinski definition) is 3. The van der Waals surface area contributed by atoms with Crippen LogP contribution in [0.25, 0.3) is 0 Å². The van der Waals surface area contributed by atoms with E-state index in [0.29, 0.717) is 29.8 Å². The number of methoxy groups -OCH3 is 1. The van der Waals surface area contributed by atoms with Crippen molar-refractivity contribution in [3.63, 3.8) is 0 Å². The van der Waals surface area contributed by atoms with Crippen LogP contribution < -0.4 is 20.7 Å². The van der Waals surface area contributed by atoms with Gasteiger partial charge in [0.25, 0.3) is 0 Å². The number of carbonyl (C=O) groups excluding carboxylic acids is 1. The molecule has 1 aromatic carbocycles. The van der Waals surface area contributed by atoms with Crippen LogP contribution in [0.2, 0.25) is 5.02 Å². The van der Waals surface area contributed by atoms with E-state index in [2.05, 4.69) is 25.9 Å². The Morgan fingerprint density at radius 2 is 2.15 bits per heavy atom. The lowest BCUT2D eigenvalue weighted by Crippen LogP contribution is -2.39. The molecule has 8 heteroatoms. The fourth-order valence-corrected chi connectivity index (χ4v) is 2.57. The van der Waals surface area contributed by atoms with Crippen molar-refractivity contribution in [2.45, 2.75) is 13.3 Å². The first-order valence-corrected chi connectivity index (χ1v) is 9.04. The quantitative estimate of drug-likeness (QED) is 0.477. The third kappa shape index (κ3) is 7.15. The first-order valence-electron chi connectivity index (χ1n) is 8.67. The minimum atomic E-state index is -0.210. The molecule has 0 aliphatic carbocycles. The highest BCUT2D eigenvalue weighted by Crippen LogP contribution is 2.22. The van der Waals surface area contributed by atoms with Gasteiger partial charge in [0.1, 0.15) is 12.3 Å². The normalized spacial score (nSPS) is 11.0. The molecule has 0 aliphatic rings. The number of pyridine rings is 1. The third-order valence-corrected chi connectivity index (χ3v) is 3.97. The van der Waals surface area contributed by atoms with Crippen LogP contribution in [-0.4, -0.2) is 43.6 Å². The number of nitrogens with zero attached hydrogens (tertiary/aromatic N) is 2. The Hall–Kier alpha value is -2.80. The average Bonchev–Trinajstić information content (AvgIpc) is 2.68. The van der Waals surface area contributed by atoms with Gasteiger partial charge in [0.05, 0.1) is 19.0 Å². The molecule has 7 nitrogen and oxygen atoms in total. The minimum Gasteiger partial charge on any atom is -0.497 e. The van der Waals surface area contributed by atoms with Crippen LogP contribution in [0.5, 0.6) is 5.75 Å². The minimum absolute atomic E-state index is 0.00746. The smallest absolute Gasteiger partial charge is 0.246 e. The first kappa shape index (κ1) is 20.5. The van der Waals surface area contributed by atoms with E-state index in [1.807, 2.05) is 19.1 Å². The van der Waals surface area contributed by atoms with E-state index >= 15 is 0 Å². The Kier molecular flexibility index (Phi) is 8.38. The van der Waals surface area contributed by atoms with Crippen molar-refractivity contribution in [2.75, 3.05) is 32.1 Å². The first-order chi connectivity index (χ1) is 13.1. The summed E-state index contributed by atoms with van der Waals surface area (Å²) in [5, 5.41) is 9.72. The van der Waals surface area contributed by atoms with Gasteiger partial charge in [-0.05, 0) is 43.2 Å². The summed E-state index contributed by atoms with van der Waals surface area (Å²) in [5.74, 6) is 1.09. The largest absolute Gasteiger partial charge is 0.497 e. The van der Waals surface area contributed by atoms with E-state index in [9.17, 15) is 4.79 Å². The number of amides is 1. The molecule has 2 aromatic rings. The number of aromatic nitrogens is 1. The molecule has 1 amide bonds. The van der Waals surface area contributed by atoms with Gasteiger partial charge in [-0.1, -0.05) is 17.7 Å². The molecule has 27 heavy (non-hydrogen) atoms. The lowest BCUT2D eigenvalue weighted by molar-refractivity contribution is -0.114. The topological polar surface area (TPSA) is 87.6 Å². The second-order valence-corrected chi connectivity index (χ2v) is 6.03. The average molecular weight is 390 g/mol. The summed E-state index contributed by atoms with van der Waals surface area (Å²) in [6, 6.07) is 9.14. The molecule has 0 saturated carbocycles. The molecule has 0 fully saturated rings. The van der Waals surface area contributed by atoms with Gasteiger partial charge in [-0.2, -0.15) is 0 Å². The van der Waals surface area contributed by atoms with E-state index in [-0.39, 0.29) is 12.5 Å². The highest BCUT2D eigenvalue weighted by molar-refractivity contribution is 6.31. The number of benzene rings is 1. The van der Waals surface area contributed by atoms with Crippen molar-refractivity contribution in [2.24, 2.45) is 4.99 Å². The molecule has 0 aliphatic heterocycles. The monoisotopic (exact) mass is 389 g/mol. The van der Waals surface area contributed by atoms with Crippen molar-refractivity contribution >= 4 is 29.2 Å². The molecule has 0 saturated heterocycles. The van der Waals surface area contributed by atoms with E-state index in [1.54, 1.807) is 37.7 Å². The van der Waals surface area contributed by atoms with Gasteiger partial charge in [0.15, 0.2) is 5.96 Å². The van der Waals surface area contributed by atoms with E-state index in [0.717, 1.165) is 17.7 Å². The van der Waals surface area contributed by atoms with Crippen LogP contribution in [0.3, 0.4) is 0 Å². The molecule has 1 heterocycles. The lowest BCUT2D eigenvalue weighted by Gasteiger charge is -2.12. The van der Waals surface area contributed by atoms with Crippen molar-refractivity contribution < 1.29 is 9.53 Å². The van der Waals surface area contributed by atoms with Crippen LogP contribution in [0.15, 0.2) is 47.7 Å². The molecule has 0 bridgehead atoms. The van der Waals surface area contributed by atoms with Gasteiger partial charge < -0.3 is 20.7 Å². The summed E-state index contributed by atoms with van der Waals surface area (Å²) in [6.07, 6.45) is 3.95. The molecular formula is C19H24ClN5O2. The van der Waals surface area contributed by atoms with Crippen LogP contribution in [-0.2, 0) is 11.2 Å². The predicted molar refractivity (Wildman–Crippen MR) is 109 cm³/mol. The van der Waals surface area contributed by atoms with E-state index in [1.165, 1.54) is 0 Å². The summed E-state index contributed by atoms with van der Waals surface area (Å²) in [6.45, 7) is 3.29. The maximum atomic E-state index is 12.0. The van der Waals surface area contributed by atoms with Gasteiger partial charge in [-0.25, -0.2) is 4.99 Å². The molecule has 3 N–H and O–H groups in total. The second kappa shape index (κ2) is 11.0. The summed E-state index contributed by atoms with van der Waals surface area (Å²) < 4.78 is 5.15. The predicted octanol–water partition coefficient (Wildman–Crippen LogP) is 2.48. The standard InChI is InChI=1S/C19H24ClN5O2/c1-3-22-19(24-13-18(26)25-15-5-4-9-21-12-15)23-10-8-14-6-7-16(27-2)11-17(14)20/h4-7,9,11-12H,3,8,10,13H2,1-2H3,(H,25,26)(H2,22,23,24). The number of nitrogens with one attached hydrogen (secondary N) is 3. The van der Waals surface area contributed by atoms with E-state index < -0.39 is 0 Å². The van der Waals surface area contributed by atoms with Gasteiger partial charge in [0, 0.05) is 24.3 Å². The zero-order valence-corrected chi connectivity index (χ0v) is 16.2. The number of guanidine groups is 1. The molecule has 0 radical (unpaired) electrons. The Morgan fingerprint density at radius 3 is 2.81 bits per heavy atom. The number of aliphatic imine (C=N–C) groups is 1. The summed E-state index contributed by atoms with van der Waals surface area (Å²) in [7, 11) is 1.61. The summed E-state index contributed by atoms with van der Waals surface area (Å²) in [5.41, 5.74) is 1.65. The van der Waals surface area contributed by atoms with Crippen LogP contribution >= 0.6 is 11.6 Å². The maximum Gasteiger partial charge on any atom is 0.246 e. The second-order valence-electron chi connectivity index (χ2n) is 5.62. The van der Waals surface area contributed by atoms with Crippen LogP contribution in [0.1, 0.15) is 12.5 Å². The van der Waals surface area contributed by atoms with Crippen molar-refractivity contribution in [3.8, 4) is 5.75 Å². The van der Waals surface area contributed by atoms with Gasteiger partial charge in [0.2, 0.25) is 5.91 Å². The fourth-order valence-electron chi connectivity index (χ4n) is 2.30. The maximum absolute atomic E-state index is 12.0. The van der Waals surface area contributed by atoms with Gasteiger partial charge >= 0.3 is 0 Å². The number of ether oxygens (including phenoxy) is 1. The molecule has 0 spiro atoms. The highest BCUT2D eigenvalue weighted by Gasteiger charge is 2.05. The van der Waals surface area contributed by atoms with Gasteiger partial charge in [-0.15, -0.1) is 0 Å². The van der Waals surface area contributed by atoms with Crippen LogP contribution in [0.4, 0.5) is 5.69 Å². The van der Waals surface area contributed by atoms with Crippen molar-refractivity contribution in [1.29, 1.82) is 0 Å². The van der Waals surface area contributed by atoms with E-state index in [4.69, 9.17) is 16.3 Å². The molecule has 0 unspecified atom stereocenters. The number of halogens is 1. The van der Waals surface area contributed by atoms with Gasteiger partial charge in [-0.3, -0.25) is 9.78 Å². The molecule has 2 rings (SSSR count). The SMILES string of the molecule is CCNC(=NCC(=O)Nc1cccnc1)NCCc1ccc(OC)cc1Cl. The molecule has 1 aromatic heterocycles. The highest BCUT2D eigenvalue weighted by atomic mass is 35.5. The van der Waals surface area contributed by atoms with Crippen LogP contribution in [0, 0.1) is 0 Å². The lowest BCUT2D eigenvalue weighted by atomic mass is 10.1. The number of rotatable bonds is 8. The molecule has 0 atom stereocenters. The Labute approximate surface area is 164 Å². The third-order valence-electron chi connectivity index (χ3n) is 3.62. The zero-order chi connectivity index (χ0) is 19.5. The Bertz CT molecular complexity index is 768. The fraction of sp³-hybridized carbons (Fsp3) is 0.316. The summed E-state index contributed by atoms with van der Waals surface area (Å²) >= 11 is 6.25. The van der Waals surface area contributed by atoms with Crippen molar-refractivity contribution in [1.82, 2.24) is 15.6 Å². The summed E-state index contributed by atoms with van der Waals surface area (Å²) in [4.78, 5) is 20.2. The zero-order valence-electron chi connectivity index (χ0n) is 15.5. The Morgan fingerprint density at radius 1 is 1.30 bits per heavy atom. The number of carbonyl (C=O) groups is 1. The van der Waals surface area contributed by atoms with Crippen molar-refractivity contribution in [3.05, 3.63) is 53.3 Å².